The van der Waals surface area contributed by atoms with Gasteiger partial charge in [-0.1, -0.05) is 11.3 Å². The van der Waals surface area contributed by atoms with Crippen LogP contribution in [0.4, 0.5) is 9.52 Å². The van der Waals surface area contributed by atoms with E-state index >= 15 is 0 Å². The normalized spacial score (nSPS) is 11.0. The van der Waals surface area contributed by atoms with Gasteiger partial charge in [0, 0.05) is 6.42 Å². The average Bonchev–Trinajstić information content (AvgIpc) is 2.92. The Morgan fingerprint density at radius 1 is 1.26 bits per heavy atom. The fourth-order valence-electron chi connectivity index (χ4n) is 1.62. The number of halogens is 1. The molecular weight excluding hydrogens is 269 g/mol. The van der Waals surface area contributed by atoms with Crippen molar-refractivity contribution in [1.82, 2.24) is 19.8 Å². The van der Waals surface area contributed by atoms with Crippen LogP contribution in [0.25, 0.3) is 4.96 Å². The van der Waals surface area contributed by atoms with Crippen molar-refractivity contribution < 1.29 is 9.13 Å². The van der Waals surface area contributed by atoms with Crippen LogP contribution in [-0.2, 0) is 6.42 Å². The van der Waals surface area contributed by atoms with E-state index in [1.54, 1.807) is 16.6 Å². The third-order valence-electron chi connectivity index (χ3n) is 2.48. The second-order valence-electron chi connectivity index (χ2n) is 3.80. The number of benzene rings is 1. The second kappa shape index (κ2) is 4.81. The molecule has 0 saturated heterocycles. The molecule has 0 spiro atoms. The minimum atomic E-state index is -0.288. The molecule has 0 unspecified atom stereocenters. The highest BCUT2D eigenvalue weighted by molar-refractivity contribution is 7.20. The number of hydrogen-bond donors (Lipinski definition) is 1. The van der Waals surface area contributed by atoms with Crippen LogP contribution < -0.4 is 10.5 Å². The maximum absolute atomic E-state index is 12.7. The van der Waals surface area contributed by atoms with Crippen LogP contribution in [0.15, 0.2) is 24.3 Å². The molecule has 2 heterocycles. The first kappa shape index (κ1) is 11.8. The summed E-state index contributed by atoms with van der Waals surface area (Å²) in [6.07, 6.45) is 0.543. The Morgan fingerprint density at radius 2 is 2.05 bits per heavy atom. The summed E-state index contributed by atoms with van der Waals surface area (Å²) in [4.78, 5) is 0.661. The molecule has 0 aliphatic heterocycles. The van der Waals surface area contributed by atoms with Gasteiger partial charge in [-0.2, -0.15) is 4.52 Å². The Kier molecular flexibility index (Phi) is 3.00. The van der Waals surface area contributed by atoms with Crippen molar-refractivity contribution in [2.45, 2.75) is 6.42 Å². The summed E-state index contributed by atoms with van der Waals surface area (Å²) in [5.41, 5.74) is 5.59. The van der Waals surface area contributed by atoms with Crippen LogP contribution in [0.3, 0.4) is 0 Å². The quantitative estimate of drug-likeness (QED) is 0.783. The van der Waals surface area contributed by atoms with Crippen molar-refractivity contribution in [3.8, 4) is 5.75 Å². The van der Waals surface area contributed by atoms with Crippen molar-refractivity contribution in [3.63, 3.8) is 0 Å². The smallest absolute Gasteiger partial charge is 0.236 e. The molecule has 0 amide bonds. The summed E-state index contributed by atoms with van der Waals surface area (Å²) in [6.45, 7) is 0.407. The molecule has 0 aliphatic carbocycles. The van der Waals surface area contributed by atoms with Crippen LogP contribution in [0.1, 0.15) is 5.82 Å². The minimum Gasteiger partial charge on any atom is -0.493 e. The van der Waals surface area contributed by atoms with Gasteiger partial charge in [-0.25, -0.2) is 4.39 Å². The van der Waals surface area contributed by atoms with E-state index in [4.69, 9.17) is 10.5 Å². The zero-order valence-electron chi connectivity index (χ0n) is 9.78. The van der Waals surface area contributed by atoms with Gasteiger partial charge in [0.2, 0.25) is 10.1 Å². The maximum atomic E-state index is 12.7. The molecule has 0 fully saturated rings. The highest BCUT2D eigenvalue weighted by atomic mass is 32.1. The van der Waals surface area contributed by atoms with Gasteiger partial charge < -0.3 is 10.5 Å². The Balaban J connectivity index is 1.64. The number of hydrogen-bond acceptors (Lipinski definition) is 6. The van der Waals surface area contributed by atoms with Crippen LogP contribution in [0, 0.1) is 5.82 Å². The molecule has 19 heavy (non-hydrogen) atoms. The monoisotopic (exact) mass is 279 g/mol. The van der Waals surface area contributed by atoms with E-state index in [1.807, 2.05) is 0 Å². The van der Waals surface area contributed by atoms with Gasteiger partial charge in [0.25, 0.3) is 0 Å². The molecular formula is C11H10FN5OS. The Labute approximate surface area is 111 Å². The Morgan fingerprint density at radius 3 is 2.84 bits per heavy atom. The molecule has 0 radical (unpaired) electrons. The van der Waals surface area contributed by atoms with E-state index in [-0.39, 0.29) is 5.82 Å². The van der Waals surface area contributed by atoms with E-state index in [0.29, 0.717) is 34.7 Å². The molecule has 3 aromatic rings. The number of ether oxygens (including phenoxy) is 1. The molecule has 3 rings (SSSR count). The third-order valence-corrected chi connectivity index (χ3v) is 3.21. The lowest BCUT2D eigenvalue weighted by molar-refractivity contribution is 0.317. The molecule has 0 saturated carbocycles. The number of nitrogens with two attached hydrogens (primary N) is 1. The molecule has 0 bridgehead atoms. The number of fused-ring (bicyclic) bond motifs is 1. The lowest BCUT2D eigenvalue weighted by Crippen LogP contribution is -2.05. The SMILES string of the molecule is Nc1nn2c(CCOc3ccc(F)cc3)nnc2s1. The van der Waals surface area contributed by atoms with Gasteiger partial charge in [0.15, 0.2) is 5.82 Å². The van der Waals surface area contributed by atoms with Crippen LogP contribution >= 0.6 is 11.3 Å². The molecule has 6 nitrogen and oxygen atoms in total. The van der Waals surface area contributed by atoms with Gasteiger partial charge in [0.05, 0.1) is 6.61 Å². The Bertz CT molecular complexity index is 693. The van der Waals surface area contributed by atoms with Crippen LogP contribution in [-0.4, -0.2) is 26.4 Å². The molecule has 2 aromatic heterocycles. The summed E-state index contributed by atoms with van der Waals surface area (Å²) < 4.78 is 19.8. The summed E-state index contributed by atoms with van der Waals surface area (Å²) in [5.74, 6) is 1.01. The lowest BCUT2D eigenvalue weighted by Gasteiger charge is -2.04. The van der Waals surface area contributed by atoms with Crippen molar-refractivity contribution in [2.24, 2.45) is 0 Å². The highest BCUT2D eigenvalue weighted by Crippen LogP contribution is 2.16. The van der Waals surface area contributed by atoms with E-state index in [9.17, 15) is 4.39 Å². The number of anilines is 1. The fraction of sp³-hybridized carbons (Fsp3) is 0.182. The zero-order valence-corrected chi connectivity index (χ0v) is 10.6. The second-order valence-corrected chi connectivity index (χ2v) is 4.79. The van der Waals surface area contributed by atoms with Gasteiger partial charge in [-0.15, -0.1) is 15.3 Å². The van der Waals surface area contributed by atoms with Gasteiger partial charge >= 0.3 is 0 Å². The number of nitrogens with zero attached hydrogens (tertiary/aromatic N) is 4. The van der Waals surface area contributed by atoms with Crippen molar-refractivity contribution in [2.75, 3.05) is 12.3 Å². The fourth-order valence-corrected chi connectivity index (χ4v) is 2.24. The summed E-state index contributed by atoms with van der Waals surface area (Å²) in [5, 5.41) is 12.5. The van der Waals surface area contributed by atoms with Crippen molar-refractivity contribution >= 4 is 21.4 Å². The average molecular weight is 279 g/mol. The van der Waals surface area contributed by atoms with Crippen molar-refractivity contribution in [3.05, 3.63) is 35.9 Å². The van der Waals surface area contributed by atoms with E-state index < -0.39 is 0 Å². The maximum Gasteiger partial charge on any atom is 0.236 e. The molecule has 1 aromatic carbocycles. The van der Waals surface area contributed by atoms with Gasteiger partial charge in [0.1, 0.15) is 11.6 Å². The van der Waals surface area contributed by atoms with E-state index in [2.05, 4.69) is 15.3 Å². The first-order valence-corrected chi connectivity index (χ1v) is 6.39. The highest BCUT2D eigenvalue weighted by Gasteiger charge is 2.09. The predicted octanol–water partition coefficient (Wildman–Crippen LogP) is 1.53. The minimum absolute atomic E-state index is 0.288. The summed E-state index contributed by atoms with van der Waals surface area (Å²) in [7, 11) is 0. The standard InChI is InChI=1S/C11H10FN5OS/c12-7-1-3-8(4-2-7)18-6-5-9-14-15-11-17(9)16-10(13)19-11/h1-4H,5-6H2,(H2,13,16). The zero-order chi connectivity index (χ0) is 13.2. The predicted molar refractivity (Wildman–Crippen MR) is 68.7 cm³/mol. The van der Waals surface area contributed by atoms with E-state index in [1.165, 1.54) is 23.5 Å². The van der Waals surface area contributed by atoms with Gasteiger partial charge in [-0.3, -0.25) is 0 Å². The van der Waals surface area contributed by atoms with Crippen molar-refractivity contribution in [1.29, 1.82) is 0 Å². The number of aromatic nitrogens is 4. The molecule has 98 valence electrons. The number of nitrogen functional groups attached to an aromatic ring is 1. The van der Waals surface area contributed by atoms with E-state index in [0.717, 1.165) is 0 Å². The molecule has 2 N–H and O–H groups in total. The number of rotatable bonds is 4. The first-order chi connectivity index (χ1) is 9.22. The van der Waals surface area contributed by atoms with Gasteiger partial charge in [-0.05, 0) is 24.3 Å². The first-order valence-electron chi connectivity index (χ1n) is 5.57. The summed E-state index contributed by atoms with van der Waals surface area (Å²) in [6, 6.07) is 5.86. The largest absolute Gasteiger partial charge is 0.493 e. The lowest BCUT2D eigenvalue weighted by atomic mass is 10.3. The topological polar surface area (TPSA) is 78.3 Å². The van der Waals surface area contributed by atoms with Crippen LogP contribution in [0.5, 0.6) is 5.75 Å². The Hall–Kier alpha value is -2.22. The van der Waals surface area contributed by atoms with Crippen LogP contribution in [0.2, 0.25) is 0 Å². The third kappa shape index (κ3) is 2.48. The molecule has 8 heteroatoms. The summed E-state index contributed by atoms with van der Waals surface area (Å²) >= 11 is 1.28. The molecule has 0 aliphatic rings. The molecule has 0 atom stereocenters.